The van der Waals surface area contributed by atoms with Crippen molar-refractivity contribution in [3.63, 3.8) is 0 Å². The highest BCUT2D eigenvalue weighted by Crippen LogP contribution is 2.23. The molecule has 1 aromatic carbocycles. The van der Waals surface area contributed by atoms with Gasteiger partial charge in [0.25, 0.3) is 0 Å². The van der Waals surface area contributed by atoms with E-state index in [2.05, 4.69) is 9.97 Å². The van der Waals surface area contributed by atoms with Crippen molar-refractivity contribution in [1.29, 1.82) is 0 Å². The normalized spacial score (nSPS) is 12.3. The molecule has 2 N–H and O–H groups in total. The molecule has 1 unspecified atom stereocenters. The quantitative estimate of drug-likeness (QED) is 0.788. The fraction of sp³-hybridized carbons (Fsp3) is 0.125. The molecule has 20 heavy (non-hydrogen) atoms. The molecule has 0 aliphatic carbocycles. The van der Waals surface area contributed by atoms with Gasteiger partial charge in [0.05, 0.1) is 11.7 Å². The Balaban J connectivity index is 1.85. The van der Waals surface area contributed by atoms with E-state index in [0.717, 1.165) is 16.5 Å². The molecule has 0 amide bonds. The molecule has 0 fully saturated rings. The summed E-state index contributed by atoms with van der Waals surface area (Å²) < 4.78 is 5.71. The first kappa shape index (κ1) is 12.6. The second-order valence-electron chi connectivity index (χ2n) is 4.68. The minimum atomic E-state index is -0.0288. The Morgan fingerprint density at radius 2 is 1.90 bits per heavy atom. The highest BCUT2D eigenvalue weighted by molar-refractivity contribution is 5.79. The number of nitrogens with two attached hydrogens (primary N) is 1. The first-order valence-corrected chi connectivity index (χ1v) is 6.46. The van der Waals surface area contributed by atoms with Crippen molar-refractivity contribution < 1.29 is 4.74 Å². The third-order valence-electron chi connectivity index (χ3n) is 3.07. The van der Waals surface area contributed by atoms with E-state index in [9.17, 15) is 0 Å². The van der Waals surface area contributed by atoms with Gasteiger partial charge in [-0.2, -0.15) is 0 Å². The molecule has 2 heterocycles. The third kappa shape index (κ3) is 2.60. The zero-order valence-electron chi connectivity index (χ0n) is 11.2. The van der Waals surface area contributed by atoms with E-state index < -0.39 is 0 Å². The fourth-order valence-electron chi connectivity index (χ4n) is 1.95. The van der Waals surface area contributed by atoms with Crippen LogP contribution in [0.4, 0.5) is 0 Å². The summed E-state index contributed by atoms with van der Waals surface area (Å²) in [5, 5.41) is 1.04. The van der Waals surface area contributed by atoms with Gasteiger partial charge in [0, 0.05) is 23.7 Å². The standard InChI is InChI=1S/C16H15N3O/c1-11(17)13-6-7-16(19-9-13)20-14-8-12-4-2-3-5-15(12)18-10-14/h2-11H,17H2,1H3. The summed E-state index contributed by atoms with van der Waals surface area (Å²) in [5.41, 5.74) is 7.71. The number of aromatic nitrogens is 2. The lowest BCUT2D eigenvalue weighted by Crippen LogP contribution is -2.05. The molecule has 0 bridgehead atoms. The highest BCUT2D eigenvalue weighted by Gasteiger charge is 2.03. The van der Waals surface area contributed by atoms with E-state index in [0.29, 0.717) is 11.6 Å². The van der Waals surface area contributed by atoms with Crippen LogP contribution >= 0.6 is 0 Å². The van der Waals surface area contributed by atoms with E-state index in [4.69, 9.17) is 10.5 Å². The van der Waals surface area contributed by atoms with Crippen molar-refractivity contribution in [1.82, 2.24) is 9.97 Å². The summed E-state index contributed by atoms with van der Waals surface area (Å²) >= 11 is 0. The average molecular weight is 265 g/mol. The number of ether oxygens (including phenoxy) is 1. The molecule has 0 saturated carbocycles. The van der Waals surface area contributed by atoms with Crippen molar-refractivity contribution in [3.05, 3.63) is 60.4 Å². The second-order valence-corrected chi connectivity index (χ2v) is 4.68. The van der Waals surface area contributed by atoms with Gasteiger partial charge in [-0.1, -0.05) is 24.3 Å². The van der Waals surface area contributed by atoms with Gasteiger partial charge in [-0.25, -0.2) is 4.98 Å². The van der Waals surface area contributed by atoms with Gasteiger partial charge in [0.2, 0.25) is 5.88 Å². The van der Waals surface area contributed by atoms with Crippen LogP contribution in [0.1, 0.15) is 18.5 Å². The van der Waals surface area contributed by atoms with Gasteiger partial charge in [-0.05, 0) is 24.6 Å². The molecular formula is C16H15N3O. The molecule has 3 aromatic rings. The second kappa shape index (κ2) is 5.27. The number of pyridine rings is 2. The molecule has 0 aliphatic heterocycles. The number of rotatable bonds is 3. The summed E-state index contributed by atoms with van der Waals surface area (Å²) in [5.74, 6) is 1.20. The van der Waals surface area contributed by atoms with Crippen molar-refractivity contribution >= 4 is 10.9 Å². The molecule has 0 spiro atoms. The number of fused-ring (bicyclic) bond motifs is 1. The average Bonchev–Trinajstić information content (AvgIpc) is 2.48. The van der Waals surface area contributed by atoms with Crippen LogP contribution < -0.4 is 10.5 Å². The number of benzene rings is 1. The Kier molecular flexibility index (Phi) is 3.31. The van der Waals surface area contributed by atoms with Crippen LogP contribution in [0.3, 0.4) is 0 Å². The first-order chi connectivity index (χ1) is 9.72. The van der Waals surface area contributed by atoms with Crippen LogP contribution in [0.2, 0.25) is 0 Å². The Labute approximate surface area is 117 Å². The maximum Gasteiger partial charge on any atom is 0.219 e. The van der Waals surface area contributed by atoms with E-state index in [1.54, 1.807) is 12.4 Å². The van der Waals surface area contributed by atoms with Gasteiger partial charge in [0.15, 0.2) is 0 Å². The Morgan fingerprint density at radius 1 is 1.05 bits per heavy atom. The number of nitrogens with zero attached hydrogens (tertiary/aromatic N) is 2. The van der Waals surface area contributed by atoms with E-state index in [1.165, 1.54) is 0 Å². The lowest BCUT2D eigenvalue weighted by Gasteiger charge is -2.08. The Hall–Kier alpha value is -2.46. The predicted octanol–water partition coefficient (Wildman–Crippen LogP) is 3.44. The zero-order chi connectivity index (χ0) is 13.9. The number of hydrogen-bond donors (Lipinski definition) is 1. The highest BCUT2D eigenvalue weighted by atomic mass is 16.5. The molecular weight excluding hydrogens is 250 g/mol. The van der Waals surface area contributed by atoms with E-state index in [1.807, 2.05) is 49.4 Å². The van der Waals surface area contributed by atoms with Crippen molar-refractivity contribution in [2.75, 3.05) is 0 Å². The van der Waals surface area contributed by atoms with Crippen LogP contribution in [0.25, 0.3) is 10.9 Å². The summed E-state index contributed by atoms with van der Waals surface area (Å²) in [7, 11) is 0. The van der Waals surface area contributed by atoms with E-state index >= 15 is 0 Å². The van der Waals surface area contributed by atoms with Crippen LogP contribution in [-0.2, 0) is 0 Å². The third-order valence-corrected chi connectivity index (χ3v) is 3.07. The van der Waals surface area contributed by atoms with Crippen molar-refractivity contribution in [3.8, 4) is 11.6 Å². The van der Waals surface area contributed by atoms with Gasteiger partial charge in [-0.15, -0.1) is 0 Å². The van der Waals surface area contributed by atoms with Gasteiger partial charge in [-0.3, -0.25) is 4.98 Å². The van der Waals surface area contributed by atoms with Gasteiger partial charge >= 0.3 is 0 Å². The lowest BCUT2D eigenvalue weighted by molar-refractivity contribution is 0.461. The van der Waals surface area contributed by atoms with Crippen LogP contribution in [-0.4, -0.2) is 9.97 Å². The summed E-state index contributed by atoms with van der Waals surface area (Å²) in [6.07, 6.45) is 3.43. The smallest absolute Gasteiger partial charge is 0.219 e. The first-order valence-electron chi connectivity index (χ1n) is 6.46. The summed E-state index contributed by atoms with van der Waals surface area (Å²) in [6.45, 7) is 1.92. The van der Waals surface area contributed by atoms with Crippen molar-refractivity contribution in [2.45, 2.75) is 13.0 Å². The summed E-state index contributed by atoms with van der Waals surface area (Å²) in [6, 6.07) is 13.6. The molecule has 2 aromatic heterocycles. The van der Waals surface area contributed by atoms with Gasteiger partial charge in [0.1, 0.15) is 5.75 Å². The number of hydrogen-bond acceptors (Lipinski definition) is 4. The zero-order valence-corrected chi connectivity index (χ0v) is 11.2. The minimum Gasteiger partial charge on any atom is -0.437 e. The van der Waals surface area contributed by atoms with Crippen LogP contribution in [0.5, 0.6) is 11.6 Å². The molecule has 0 aliphatic rings. The number of para-hydroxylation sites is 1. The molecule has 100 valence electrons. The fourth-order valence-corrected chi connectivity index (χ4v) is 1.95. The van der Waals surface area contributed by atoms with Crippen molar-refractivity contribution in [2.24, 2.45) is 5.73 Å². The maximum atomic E-state index is 5.79. The summed E-state index contributed by atoms with van der Waals surface area (Å²) in [4.78, 5) is 8.60. The maximum absolute atomic E-state index is 5.79. The Morgan fingerprint density at radius 3 is 2.65 bits per heavy atom. The molecule has 1 atom stereocenters. The predicted molar refractivity (Wildman–Crippen MR) is 78.7 cm³/mol. The molecule has 0 radical (unpaired) electrons. The largest absolute Gasteiger partial charge is 0.437 e. The molecule has 3 rings (SSSR count). The minimum absolute atomic E-state index is 0.0288. The Bertz CT molecular complexity index is 723. The van der Waals surface area contributed by atoms with Gasteiger partial charge < -0.3 is 10.5 Å². The molecule has 4 nitrogen and oxygen atoms in total. The molecule has 0 saturated heterocycles. The monoisotopic (exact) mass is 265 g/mol. The van der Waals surface area contributed by atoms with Crippen LogP contribution in [0.15, 0.2) is 54.9 Å². The topological polar surface area (TPSA) is 61.0 Å². The lowest BCUT2D eigenvalue weighted by atomic mass is 10.2. The molecule has 4 heteroatoms. The SMILES string of the molecule is CC(N)c1ccc(Oc2cnc3ccccc3c2)nc1. The van der Waals surface area contributed by atoms with Crippen LogP contribution in [0, 0.1) is 0 Å². The van der Waals surface area contributed by atoms with E-state index in [-0.39, 0.29) is 6.04 Å².